The van der Waals surface area contributed by atoms with E-state index in [1.165, 1.54) is 32.9 Å². The molecule has 0 atom stereocenters. The lowest BCUT2D eigenvalue weighted by Gasteiger charge is -2.16. The average Bonchev–Trinajstić information content (AvgIpc) is 2.60. The van der Waals surface area contributed by atoms with Crippen molar-refractivity contribution < 1.29 is 36.8 Å². The number of hydrogen-bond donors (Lipinski definition) is 0. The van der Waals surface area contributed by atoms with Gasteiger partial charge in [-0.1, -0.05) is 0 Å². The Balaban J connectivity index is 2.08. The van der Waals surface area contributed by atoms with Crippen LogP contribution in [0.15, 0.2) is 23.1 Å². The predicted molar refractivity (Wildman–Crippen MR) is 136 cm³/mol. The van der Waals surface area contributed by atoms with Crippen LogP contribution in [0.3, 0.4) is 0 Å². The van der Waals surface area contributed by atoms with E-state index in [0.29, 0.717) is 22.2 Å². The van der Waals surface area contributed by atoms with Crippen molar-refractivity contribution in [1.29, 1.82) is 0 Å². The number of esters is 2. The lowest BCUT2D eigenvalue weighted by molar-refractivity contribution is -0.132. The molecular weight excluding hydrogens is 769 g/mol. The van der Waals surface area contributed by atoms with Crippen LogP contribution in [0.2, 0.25) is 0 Å². The van der Waals surface area contributed by atoms with Crippen molar-refractivity contribution in [1.82, 2.24) is 0 Å². The standard InChI is InChI=1S/C19H17I3O8S/c1-9-6-12(7-10(2)18(9)31(25,26)27)28-4-5-29-19(24)15-13(20)8-14(21)17(16(15)22)30-11(3)23/h6-8H,4-5H2,1-3H3,(H,25,26,27)/p-1. The molecular formula is C19H16I3O8S-. The molecule has 0 saturated carbocycles. The Bertz CT molecular complexity index is 1120. The number of halogens is 3. The first kappa shape index (κ1) is 26.5. The molecule has 2 aromatic rings. The van der Waals surface area contributed by atoms with E-state index in [9.17, 15) is 22.6 Å². The molecule has 0 saturated heterocycles. The first-order valence-corrected chi connectivity index (χ1v) is 13.2. The van der Waals surface area contributed by atoms with Crippen molar-refractivity contribution in [2.75, 3.05) is 13.2 Å². The maximum absolute atomic E-state index is 12.6. The molecule has 2 rings (SSSR count). The van der Waals surface area contributed by atoms with Gasteiger partial charge in [0, 0.05) is 10.5 Å². The van der Waals surface area contributed by atoms with Gasteiger partial charge in [-0.15, -0.1) is 0 Å². The second kappa shape index (κ2) is 10.9. The molecule has 0 aliphatic rings. The molecule has 0 heterocycles. The summed E-state index contributed by atoms with van der Waals surface area (Å²) in [6, 6.07) is 4.60. The van der Waals surface area contributed by atoms with E-state index in [2.05, 4.69) is 0 Å². The highest BCUT2D eigenvalue weighted by Crippen LogP contribution is 2.34. The van der Waals surface area contributed by atoms with Gasteiger partial charge in [-0.2, -0.15) is 0 Å². The summed E-state index contributed by atoms with van der Waals surface area (Å²) >= 11 is 5.96. The molecule has 0 amide bonds. The van der Waals surface area contributed by atoms with Gasteiger partial charge in [0.1, 0.15) is 29.1 Å². The molecule has 31 heavy (non-hydrogen) atoms. The Morgan fingerprint density at radius 1 is 1.00 bits per heavy atom. The number of rotatable bonds is 7. The first-order chi connectivity index (χ1) is 14.3. The van der Waals surface area contributed by atoms with Crippen LogP contribution in [0.4, 0.5) is 0 Å². The van der Waals surface area contributed by atoms with Crippen LogP contribution in [0, 0.1) is 24.6 Å². The van der Waals surface area contributed by atoms with Gasteiger partial charge in [0.25, 0.3) is 0 Å². The topological polar surface area (TPSA) is 119 Å². The van der Waals surface area contributed by atoms with Crippen molar-refractivity contribution in [3.8, 4) is 11.5 Å². The Labute approximate surface area is 220 Å². The van der Waals surface area contributed by atoms with Crippen molar-refractivity contribution in [3.63, 3.8) is 0 Å². The summed E-state index contributed by atoms with van der Waals surface area (Å²) in [6.45, 7) is 4.24. The normalized spacial score (nSPS) is 11.2. The molecule has 12 heteroatoms. The van der Waals surface area contributed by atoms with Gasteiger partial charge in [-0.3, -0.25) is 4.79 Å². The van der Waals surface area contributed by atoms with Gasteiger partial charge in [0.2, 0.25) is 0 Å². The van der Waals surface area contributed by atoms with Gasteiger partial charge in [-0.25, -0.2) is 13.2 Å². The lowest BCUT2D eigenvalue weighted by Crippen LogP contribution is -2.16. The number of benzene rings is 2. The van der Waals surface area contributed by atoms with Crippen LogP contribution in [-0.4, -0.2) is 38.1 Å². The van der Waals surface area contributed by atoms with Crippen LogP contribution in [0.25, 0.3) is 0 Å². The van der Waals surface area contributed by atoms with E-state index in [-0.39, 0.29) is 34.8 Å². The summed E-state index contributed by atoms with van der Waals surface area (Å²) in [5.74, 6) is -0.431. The maximum Gasteiger partial charge on any atom is 0.340 e. The molecule has 0 N–H and O–H groups in total. The summed E-state index contributed by atoms with van der Waals surface area (Å²) < 4.78 is 51.8. The maximum atomic E-state index is 12.6. The number of carbonyl (C=O) groups excluding carboxylic acids is 2. The lowest BCUT2D eigenvalue weighted by atomic mass is 10.1. The van der Waals surface area contributed by atoms with Crippen molar-refractivity contribution in [2.24, 2.45) is 0 Å². The Hall–Kier alpha value is -0.720. The summed E-state index contributed by atoms with van der Waals surface area (Å²) in [6.07, 6.45) is 0. The van der Waals surface area contributed by atoms with Crippen molar-refractivity contribution in [2.45, 2.75) is 25.7 Å². The number of carbonyl (C=O) groups is 2. The Morgan fingerprint density at radius 3 is 2.10 bits per heavy atom. The molecule has 0 fully saturated rings. The first-order valence-electron chi connectivity index (χ1n) is 8.56. The fraction of sp³-hybridized carbons (Fsp3) is 0.263. The largest absolute Gasteiger partial charge is 0.744 e. The van der Waals surface area contributed by atoms with Crippen molar-refractivity contribution in [3.05, 3.63) is 45.6 Å². The predicted octanol–water partition coefficient (Wildman–Crippen LogP) is 4.18. The highest BCUT2D eigenvalue weighted by Gasteiger charge is 2.23. The molecule has 2 aromatic carbocycles. The van der Waals surface area contributed by atoms with E-state index in [0.717, 1.165) is 0 Å². The third-order valence-corrected chi connectivity index (χ3v) is 7.67. The van der Waals surface area contributed by atoms with Gasteiger partial charge in [-0.05, 0) is 111 Å². The van der Waals surface area contributed by atoms with Crippen molar-refractivity contribution >= 4 is 89.8 Å². The summed E-state index contributed by atoms with van der Waals surface area (Å²) in [7, 11) is -4.58. The molecule has 0 aliphatic heterocycles. The van der Waals surface area contributed by atoms with Gasteiger partial charge < -0.3 is 18.8 Å². The molecule has 0 bridgehead atoms. The van der Waals surface area contributed by atoms with E-state index >= 15 is 0 Å². The van der Waals surface area contributed by atoms with Crippen LogP contribution < -0.4 is 9.47 Å². The zero-order chi connectivity index (χ0) is 23.5. The van der Waals surface area contributed by atoms with Crippen LogP contribution in [0.5, 0.6) is 11.5 Å². The third-order valence-electron chi connectivity index (χ3n) is 3.85. The second-order valence-corrected chi connectivity index (χ2v) is 11.0. The molecule has 8 nitrogen and oxygen atoms in total. The minimum Gasteiger partial charge on any atom is -0.744 e. The van der Waals surface area contributed by atoms with Crippen LogP contribution >= 0.6 is 67.8 Å². The average molecular weight is 785 g/mol. The number of hydrogen-bond acceptors (Lipinski definition) is 8. The zero-order valence-electron chi connectivity index (χ0n) is 16.5. The fourth-order valence-electron chi connectivity index (χ4n) is 2.75. The number of aryl methyl sites for hydroxylation is 2. The highest BCUT2D eigenvalue weighted by atomic mass is 127. The quantitative estimate of drug-likeness (QED) is 0.135. The minimum atomic E-state index is -4.58. The molecule has 0 spiro atoms. The second-order valence-electron chi connectivity index (χ2n) is 6.28. The SMILES string of the molecule is CC(=O)Oc1c(I)cc(I)c(C(=O)OCCOc2cc(C)c(S(=O)(=O)[O-])c(C)c2)c1I. The van der Waals surface area contributed by atoms with Crippen LogP contribution in [0.1, 0.15) is 28.4 Å². The monoisotopic (exact) mass is 785 g/mol. The fourth-order valence-corrected chi connectivity index (χ4v) is 7.69. The van der Waals surface area contributed by atoms with E-state index in [4.69, 9.17) is 14.2 Å². The Kier molecular flexibility index (Phi) is 9.36. The van der Waals surface area contributed by atoms with Gasteiger partial charge in [0.15, 0.2) is 5.75 Å². The number of ether oxygens (including phenoxy) is 3. The zero-order valence-corrected chi connectivity index (χ0v) is 23.7. The summed E-state index contributed by atoms with van der Waals surface area (Å²) in [5, 5.41) is 0. The van der Waals surface area contributed by atoms with Gasteiger partial charge in [0.05, 0.1) is 17.6 Å². The van der Waals surface area contributed by atoms with Crippen LogP contribution in [-0.2, 0) is 19.6 Å². The van der Waals surface area contributed by atoms with Gasteiger partial charge >= 0.3 is 11.9 Å². The highest BCUT2D eigenvalue weighted by molar-refractivity contribution is 14.1. The third kappa shape index (κ3) is 6.88. The summed E-state index contributed by atoms with van der Waals surface area (Å²) in [5.41, 5.74) is 0.848. The summed E-state index contributed by atoms with van der Waals surface area (Å²) in [4.78, 5) is 23.7. The molecule has 0 aliphatic carbocycles. The smallest absolute Gasteiger partial charge is 0.340 e. The minimum absolute atomic E-state index is 0.0163. The van der Waals surface area contributed by atoms with E-state index in [1.54, 1.807) is 6.07 Å². The molecule has 0 radical (unpaired) electrons. The van der Waals surface area contributed by atoms with E-state index < -0.39 is 22.1 Å². The molecule has 168 valence electrons. The molecule has 0 unspecified atom stereocenters. The van der Waals surface area contributed by atoms with E-state index in [1.807, 2.05) is 67.8 Å². The molecule has 0 aromatic heterocycles. The Morgan fingerprint density at radius 2 is 1.58 bits per heavy atom.